The number of ether oxygens (including phenoxy) is 1. The van der Waals surface area contributed by atoms with Crippen LogP contribution in [0.1, 0.15) is 37.0 Å². The average Bonchev–Trinajstić information content (AvgIpc) is 2.42. The summed E-state index contributed by atoms with van der Waals surface area (Å²) in [6.45, 7) is 4.05. The highest BCUT2D eigenvalue weighted by Crippen LogP contribution is 2.23. The summed E-state index contributed by atoms with van der Waals surface area (Å²) in [6.07, 6.45) is 1.36. The number of benzene rings is 1. The second-order valence-corrected chi connectivity index (χ2v) is 5.90. The fourth-order valence-corrected chi connectivity index (χ4v) is 1.91. The zero-order valence-electron chi connectivity index (χ0n) is 13.1. The van der Waals surface area contributed by atoms with Gasteiger partial charge in [0, 0.05) is 14.1 Å². The van der Waals surface area contributed by atoms with E-state index in [0.717, 1.165) is 5.69 Å². The average molecular weight is 289 g/mol. The third-order valence-electron chi connectivity index (χ3n) is 3.23. The molecule has 0 unspecified atom stereocenters. The lowest BCUT2D eigenvalue weighted by atomic mass is 9.90. The van der Waals surface area contributed by atoms with Crippen molar-refractivity contribution in [1.82, 2.24) is 0 Å². The quantitative estimate of drug-likeness (QED) is 0.495. The Balaban J connectivity index is 2.54. The maximum atomic E-state index is 11.9. The van der Waals surface area contributed by atoms with E-state index in [1.165, 1.54) is 0 Å². The highest BCUT2D eigenvalue weighted by atomic mass is 16.5. The predicted octanol–water partition coefficient (Wildman–Crippen LogP) is 2.82. The number of carbonyl (C=O) groups excluding carboxylic acids is 1. The van der Waals surface area contributed by atoms with E-state index in [0.29, 0.717) is 30.7 Å². The summed E-state index contributed by atoms with van der Waals surface area (Å²) in [7, 11) is 3.78. The van der Waals surface area contributed by atoms with Gasteiger partial charge in [-0.25, -0.2) is 4.79 Å². The number of anilines is 2. The monoisotopic (exact) mass is 289 g/mol. The lowest BCUT2D eigenvalue weighted by molar-refractivity contribution is 0.0491. The summed E-state index contributed by atoms with van der Waals surface area (Å²) in [5, 5.41) is 8.91. The van der Waals surface area contributed by atoms with Gasteiger partial charge in [0.15, 0.2) is 0 Å². The summed E-state index contributed by atoms with van der Waals surface area (Å²) < 4.78 is 5.21. The highest BCUT2D eigenvalue weighted by molar-refractivity contribution is 5.92. The Morgan fingerprint density at radius 1 is 1.43 bits per heavy atom. The predicted molar refractivity (Wildman–Crippen MR) is 84.1 cm³/mol. The molecule has 0 fully saturated rings. The van der Waals surface area contributed by atoms with Crippen LogP contribution in [0.3, 0.4) is 0 Å². The first kappa shape index (κ1) is 16.8. The molecule has 114 valence electrons. The molecule has 0 saturated heterocycles. The Morgan fingerprint density at radius 3 is 2.62 bits per heavy atom. The van der Waals surface area contributed by atoms with Crippen molar-refractivity contribution in [3.8, 4) is 6.07 Å². The van der Waals surface area contributed by atoms with E-state index in [1.54, 1.807) is 18.2 Å². The first-order valence-corrected chi connectivity index (χ1v) is 6.92. The molecule has 1 aromatic carbocycles. The van der Waals surface area contributed by atoms with Crippen LogP contribution in [-0.4, -0.2) is 26.7 Å². The van der Waals surface area contributed by atoms with Gasteiger partial charge in [-0.15, -0.1) is 0 Å². The van der Waals surface area contributed by atoms with Gasteiger partial charge in [0.1, 0.15) is 0 Å². The Hall–Kier alpha value is -2.22. The van der Waals surface area contributed by atoms with Crippen LogP contribution in [0, 0.1) is 16.7 Å². The molecule has 5 heteroatoms. The maximum Gasteiger partial charge on any atom is 0.338 e. The van der Waals surface area contributed by atoms with Crippen molar-refractivity contribution in [2.45, 2.75) is 26.7 Å². The molecule has 0 amide bonds. The number of carbonyl (C=O) groups is 1. The molecule has 2 N–H and O–H groups in total. The number of nitrogens with two attached hydrogens (primary N) is 1. The summed E-state index contributed by atoms with van der Waals surface area (Å²) in [5.41, 5.74) is 7.37. The number of nitriles is 1. The maximum absolute atomic E-state index is 11.9. The van der Waals surface area contributed by atoms with Gasteiger partial charge in [-0.2, -0.15) is 5.26 Å². The Labute approximate surface area is 126 Å². The van der Waals surface area contributed by atoms with Gasteiger partial charge in [0.05, 0.1) is 35.0 Å². The van der Waals surface area contributed by atoms with Crippen molar-refractivity contribution in [3.05, 3.63) is 23.8 Å². The molecule has 0 spiro atoms. The minimum absolute atomic E-state index is 0.305. The van der Waals surface area contributed by atoms with Crippen LogP contribution < -0.4 is 10.6 Å². The zero-order chi connectivity index (χ0) is 16.0. The van der Waals surface area contributed by atoms with Crippen LogP contribution in [0.2, 0.25) is 0 Å². The molecule has 0 aliphatic heterocycles. The van der Waals surface area contributed by atoms with Crippen LogP contribution in [-0.2, 0) is 4.74 Å². The van der Waals surface area contributed by atoms with E-state index >= 15 is 0 Å². The Morgan fingerprint density at radius 2 is 2.10 bits per heavy atom. The van der Waals surface area contributed by atoms with E-state index < -0.39 is 0 Å². The zero-order valence-corrected chi connectivity index (χ0v) is 13.1. The molecule has 5 nitrogen and oxygen atoms in total. The molecule has 0 saturated carbocycles. The topological polar surface area (TPSA) is 79.3 Å². The number of nitrogens with zero attached hydrogens (tertiary/aromatic N) is 2. The van der Waals surface area contributed by atoms with Crippen LogP contribution in [0.5, 0.6) is 0 Å². The number of rotatable bonds is 6. The number of hydrogen-bond acceptors (Lipinski definition) is 5. The Bertz CT molecular complexity index is 545. The fourth-order valence-electron chi connectivity index (χ4n) is 1.91. The van der Waals surface area contributed by atoms with Crippen LogP contribution in [0.25, 0.3) is 0 Å². The molecule has 0 aromatic heterocycles. The van der Waals surface area contributed by atoms with E-state index in [1.807, 2.05) is 32.8 Å². The van der Waals surface area contributed by atoms with Crippen molar-refractivity contribution in [2.24, 2.45) is 5.41 Å². The summed E-state index contributed by atoms with van der Waals surface area (Å²) in [6, 6.07) is 7.34. The third-order valence-corrected chi connectivity index (χ3v) is 3.23. The van der Waals surface area contributed by atoms with Gasteiger partial charge >= 0.3 is 5.97 Å². The lowest BCUT2D eigenvalue weighted by Crippen LogP contribution is -2.13. The standard InChI is InChI=1S/C16H23N3O2/c1-16(2,11-17)8-5-9-21-15(20)12-6-7-14(19(3)4)13(18)10-12/h6-7,10H,5,8-9,18H2,1-4H3. The number of hydrogen-bond donors (Lipinski definition) is 1. The van der Waals surface area contributed by atoms with Crippen molar-refractivity contribution in [2.75, 3.05) is 31.3 Å². The molecule has 21 heavy (non-hydrogen) atoms. The first-order chi connectivity index (χ1) is 9.76. The minimum atomic E-state index is -0.387. The third kappa shape index (κ3) is 4.99. The molecule has 0 bridgehead atoms. The van der Waals surface area contributed by atoms with E-state index in [2.05, 4.69) is 6.07 Å². The first-order valence-electron chi connectivity index (χ1n) is 6.92. The summed E-state index contributed by atoms with van der Waals surface area (Å²) in [5.74, 6) is -0.387. The second-order valence-electron chi connectivity index (χ2n) is 5.90. The molecular weight excluding hydrogens is 266 g/mol. The highest BCUT2D eigenvalue weighted by Gasteiger charge is 2.16. The molecule has 1 rings (SSSR count). The number of esters is 1. The molecule has 1 aromatic rings. The summed E-state index contributed by atoms with van der Waals surface area (Å²) >= 11 is 0. The SMILES string of the molecule is CN(C)c1ccc(C(=O)OCCCC(C)(C)C#N)cc1N. The molecule has 0 aliphatic rings. The second kappa shape index (κ2) is 6.98. The van der Waals surface area contributed by atoms with Crippen molar-refractivity contribution in [1.29, 1.82) is 5.26 Å². The van der Waals surface area contributed by atoms with E-state index in [9.17, 15) is 4.79 Å². The minimum Gasteiger partial charge on any atom is -0.462 e. The molecule has 0 radical (unpaired) electrons. The van der Waals surface area contributed by atoms with Gasteiger partial charge in [-0.1, -0.05) is 0 Å². The largest absolute Gasteiger partial charge is 0.462 e. The molecule has 0 heterocycles. The van der Waals surface area contributed by atoms with Gasteiger partial charge in [0.25, 0.3) is 0 Å². The Kier molecular flexibility index (Phi) is 5.60. The molecular formula is C16H23N3O2. The fraction of sp³-hybridized carbons (Fsp3) is 0.500. The van der Waals surface area contributed by atoms with Crippen LogP contribution >= 0.6 is 0 Å². The molecule has 0 aliphatic carbocycles. The van der Waals surface area contributed by atoms with Crippen molar-refractivity contribution in [3.63, 3.8) is 0 Å². The van der Waals surface area contributed by atoms with Crippen LogP contribution in [0.15, 0.2) is 18.2 Å². The van der Waals surface area contributed by atoms with Gasteiger partial charge in [0.2, 0.25) is 0 Å². The summed E-state index contributed by atoms with van der Waals surface area (Å²) in [4.78, 5) is 13.8. The lowest BCUT2D eigenvalue weighted by Gasteiger charge is -2.16. The van der Waals surface area contributed by atoms with E-state index in [-0.39, 0.29) is 11.4 Å². The van der Waals surface area contributed by atoms with Crippen LogP contribution in [0.4, 0.5) is 11.4 Å². The van der Waals surface area contributed by atoms with Gasteiger partial charge in [-0.3, -0.25) is 0 Å². The van der Waals surface area contributed by atoms with Crippen molar-refractivity contribution < 1.29 is 9.53 Å². The number of nitrogen functional groups attached to an aromatic ring is 1. The van der Waals surface area contributed by atoms with Gasteiger partial charge in [-0.05, 0) is 44.9 Å². The van der Waals surface area contributed by atoms with E-state index in [4.69, 9.17) is 15.7 Å². The van der Waals surface area contributed by atoms with Gasteiger partial charge < -0.3 is 15.4 Å². The molecule has 0 atom stereocenters. The normalized spacial score (nSPS) is 10.8. The smallest absolute Gasteiger partial charge is 0.338 e. The van der Waals surface area contributed by atoms with Crippen molar-refractivity contribution >= 4 is 17.3 Å².